The average molecular weight is 163 g/mol. The normalized spacial score (nSPS) is 12.8. The molecule has 0 amide bonds. The Morgan fingerprint density at radius 3 is 2.58 bits per heavy atom. The molecule has 1 atom stereocenters. The number of hydrogen-bond donors (Lipinski definition) is 2. The fraction of sp³-hybridized carbons (Fsp3) is 0.400. The summed E-state index contributed by atoms with van der Waals surface area (Å²) in [6, 6.07) is 10.9. The lowest BCUT2D eigenvalue weighted by atomic mass is 10.0. The Hall–Kier alpha value is -0.860. The summed E-state index contributed by atoms with van der Waals surface area (Å²) in [6.07, 6.45) is 1.94. The van der Waals surface area contributed by atoms with Gasteiger partial charge in [-0.1, -0.05) is 24.3 Å². The molecular weight excluding hydrogens is 148 g/mol. The van der Waals surface area contributed by atoms with Gasteiger partial charge >= 0.3 is 0 Å². The van der Waals surface area contributed by atoms with Gasteiger partial charge in [0.15, 0.2) is 0 Å². The third-order valence-corrected chi connectivity index (χ3v) is 1.89. The maximum absolute atomic E-state index is 5.91. The molecule has 4 N–H and O–H groups in total. The molecule has 0 saturated heterocycles. The van der Waals surface area contributed by atoms with Gasteiger partial charge in [0.1, 0.15) is 0 Å². The predicted octanol–water partition coefficient (Wildman–Crippen LogP) is 1.23. The smallest absolute Gasteiger partial charge is 0.0295 e. The van der Waals surface area contributed by atoms with Crippen molar-refractivity contribution < 1.29 is 0 Å². The van der Waals surface area contributed by atoms with Crippen LogP contribution in [0.25, 0.3) is 0 Å². The van der Waals surface area contributed by atoms with Crippen LogP contribution >= 0.6 is 0 Å². The van der Waals surface area contributed by atoms with Crippen LogP contribution in [0.5, 0.6) is 0 Å². The highest BCUT2D eigenvalue weighted by Gasteiger charge is 2.02. The molecule has 2 nitrogen and oxygen atoms in total. The van der Waals surface area contributed by atoms with Gasteiger partial charge in [0.2, 0.25) is 0 Å². The molecule has 0 bridgehead atoms. The van der Waals surface area contributed by atoms with Crippen LogP contribution in [-0.2, 0) is 0 Å². The molecule has 0 aromatic heterocycles. The molecule has 2 heteroatoms. The van der Waals surface area contributed by atoms with Crippen LogP contribution in [0, 0.1) is 6.07 Å². The number of nitrogens with two attached hydrogens (primary N) is 2. The van der Waals surface area contributed by atoms with Crippen LogP contribution in [0.1, 0.15) is 24.4 Å². The molecule has 1 unspecified atom stereocenters. The van der Waals surface area contributed by atoms with E-state index in [9.17, 15) is 0 Å². The maximum atomic E-state index is 5.91. The van der Waals surface area contributed by atoms with E-state index in [0.29, 0.717) is 6.54 Å². The average Bonchev–Trinajstić information content (AvgIpc) is 2.15. The van der Waals surface area contributed by atoms with Crippen LogP contribution in [0.3, 0.4) is 0 Å². The van der Waals surface area contributed by atoms with E-state index in [1.165, 1.54) is 5.56 Å². The molecule has 0 aliphatic rings. The van der Waals surface area contributed by atoms with Crippen molar-refractivity contribution in [1.82, 2.24) is 0 Å². The van der Waals surface area contributed by atoms with Crippen molar-refractivity contribution in [2.45, 2.75) is 18.9 Å². The van der Waals surface area contributed by atoms with E-state index in [-0.39, 0.29) is 6.04 Å². The first-order valence-electron chi connectivity index (χ1n) is 4.26. The van der Waals surface area contributed by atoms with Gasteiger partial charge < -0.3 is 11.5 Å². The van der Waals surface area contributed by atoms with Crippen LogP contribution in [0.2, 0.25) is 0 Å². The van der Waals surface area contributed by atoms with Crippen LogP contribution in [0.15, 0.2) is 24.3 Å². The first kappa shape index (κ1) is 9.23. The Morgan fingerprint density at radius 2 is 2.00 bits per heavy atom. The van der Waals surface area contributed by atoms with E-state index in [4.69, 9.17) is 11.5 Å². The predicted molar refractivity (Wildman–Crippen MR) is 50.5 cm³/mol. The first-order valence-corrected chi connectivity index (χ1v) is 4.26. The van der Waals surface area contributed by atoms with E-state index in [2.05, 4.69) is 6.07 Å². The van der Waals surface area contributed by atoms with Crippen molar-refractivity contribution in [2.24, 2.45) is 11.5 Å². The molecule has 0 fully saturated rings. The second-order valence-corrected chi connectivity index (χ2v) is 2.87. The summed E-state index contributed by atoms with van der Waals surface area (Å²) in [5.41, 5.74) is 12.5. The number of rotatable bonds is 4. The van der Waals surface area contributed by atoms with Crippen molar-refractivity contribution in [1.29, 1.82) is 0 Å². The molecule has 1 aromatic carbocycles. The van der Waals surface area contributed by atoms with E-state index in [1.807, 2.05) is 24.3 Å². The lowest BCUT2D eigenvalue weighted by molar-refractivity contribution is 0.618. The molecule has 12 heavy (non-hydrogen) atoms. The zero-order valence-corrected chi connectivity index (χ0v) is 7.16. The van der Waals surface area contributed by atoms with Gasteiger partial charge in [0.25, 0.3) is 0 Å². The summed E-state index contributed by atoms with van der Waals surface area (Å²) in [6.45, 7) is 0.715. The topological polar surface area (TPSA) is 52.0 Å². The van der Waals surface area contributed by atoms with Gasteiger partial charge in [-0.2, -0.15) is 0 Å². The van der Waals surface area contributed by atoms with Crippen molar-refractivity contribution in [3.8, 4) is 0 Å². The summed E-state index contributed by atoms with van der Waals surface area (Å²) in [5.74, 6) is 0. The molecule has 1 radical (unpaired) electrons. The lowest BCUT2D eigenvalue weighted by Crippen LogP contribution is -2.12. The van der Waals surface area contributed by atoms with Crippen LogP contribution in [-0.4, -0.2) is 6.54 Å². The monoisotopic (exact) mass is 163 g/mol. The second kappa shape index (κ2) is 4.91. The summed E-state index contributed by atoms with van der Waals surface area (Å²) < 4.78 is 0. The fourth-order valence-corrected chi connectivity index (χ4v) is 1.15. The Bertz CT molecular complexity index is 208. The third kappa shape index (κ3) is 2.64. The zero-order valence-electron chi connectivity index (χ0n) is 7.16. The second-order valence-electron chi connectivity index (χ2n) is 2.87. The van der Waals surface area contributed by atoms with Gasteiger partial charge in [0.05, 0.1) is 0 Å². The Balaban J connectivity index is 2.48. The molecule has 1 rings (SSSR count). The molecule has 0 spiro atoms. The summed E-state index contributed by atoms with van der Waals surface area (Å²) >= 11 is 0. The standard InChI is InChI=1S/C10H15N2/c11-8-4-7-10(12)9-5-2-1-3-6-9/h2-3,5-6,10H,4,7-8,11-12H2. The zero-order chi connectivity index (χ0) is 8.81. The molecule has 0 aliphatic carbocycles. The Labute approximate surface area is 73.6 Å². The van der Waals surface area contributed by atoms with E-state index < -0.39 is 0 Å². The quantitative estimate of drug-likeness (QED) is 0.701. The van der Waals surface area contributed by atoms with Gasteiger partial charge in [0, 0.05) is 6.04 Å². The Morgan fingerprint density at radius 1 is 1.33 bits per heavy atom. The van der Waals surface area contributed by atoms with Crippen LogP contribution in [0.4, 0.5) is 0 Å². The van der Waals surface area contributed by atoms with Gasteiger partial charge in [-0.25, -0.2) is 0 Å². The van der Waals surface area contributed by atoms with Crippen LogP contribution < -0.4 is 11.5 Å². The molecule has 1 aromatic rings. The largest absolute Gasteiger partial charge is 0.330 e. The highest BCUT2D eigenvalue weighted by Crippen LogP contribution is 2.13. The van der Waals surface area contributed by atoms with Gasteiger partial charge in [-0.15, -0.1) is 0 Å². The van der Waals surface area contributed by atoms with E-state index in [1.54, 1.807) is 0 Å². The maximum Gasteiger partial charge on any atom is 0.0295 e. The summed E-state index contributed by atoms with van der Waals surface area (Å²) in [5, 5.41) is 0. The molecular formula is C10H15N2. The number of hydrogen-bond acceptors (Lipinski definition) is 2. The molecule has 0 heterocycles. The first-order chi connectivity index (χ1) is 5.84. The van der Waals surface area contributed by atoms with Crippen molar-refractivity contribution in [3.05, 3.63) is 35.9 Å². The van der Waals surface area contributed by atoms with E-state index >= 15 is 0 Å². The van der Waals surface area contributed by atoms with Gasteiger partial charge in [-0.05, 0) is 31.0 Å². The minimum absolute atomic E-state index is 0.128. The van der Waals surface area contributed by atoms with Crippen molar-refractivity contribution >= 4 is 0 Å². The van der Waals surface area contributed by atoms with E-state index in [0.717, 1.165) is 12.8 Å². The summed E-state index contributed by atoms with van der Waals surface area (Å²) in [4.78, 5) is 0. The molecule has 0 aliphatic heterocycles. The van der Waals surface area contributed by atoms with Crippen molar-refractivity contribution in [3.63, 3.8) is 0 Å². The number of benzene rings is 1. The lowest BCUT2D eigenvalue weighted by Gasteiger charge is -2.10. The highest BCUT2D eigenvalue weighted by atomic mass is 14.6. The Kier molecular flexibility index (Phi) is 3.77. The molecule has 65 valence electrons. The van der Waals surface area contributed by atoms with Crippen molar-refractivity contribution in [2.75, 3.05) is 6.54 Å². The third-order valence-electron chi connectivity index (χ3n) is 1.89. The summed E-state index contributed by atoms with van der Waals surface area (Å²) in [7, 11) is 0. The fourth-order valence-electron chi connectivity index (χ4n) is 1.15. The molecule has 0 saturated carbocycles. The van der Waals surface area contributed by atoms with Gasteiger partial charge in [-0.3, -0.25) is 0 Å². The minimum atomic E-state index is 0.128. The minimum Gasteiger partial charge on any atom is -0.330 e. The highest BCUT2D eigenvalue weighted by molar-refractivity contribution is 5.17. The SMILES string of the molecule is NCCCC(N)c1cc[c]cc1.